The van der Waals surface area contributed by atoms with E-state index >= 15 is 0 Å². The Morgan fingerprint density at radius 2 is 2.14 bits per heavy atom. The third kappa shape index (κ3) is 1.63. The van der Waals surface area contributed by atoms with Gasteiger partial charge in [-0.05, 0) is 22.0 Å². The molecule has 72 valence electrons. The Balaban J connectivity index is 2.54. The summed E-state index contributed by atoms with van der Waals surface area (Å²) in [6.45, 7) is 0. The zero-order valence-corrected chi connectivity index (χ0v) is 9.19. The first-order valence-electron chi connectivity index (χ1n) is 4.07. The Labute approximate surface area is 89.9 Å². The Hall–Kier alpha value is -1.36. The third-order valence-corrected chi connectivity index (χ3v) is 2.33. The van der Waals surface area contributed by atoms with Crippen molar-refractivity contribution in [1.82, 2.24) is 14.8 Å². The van der Waals surface area contributed by atoms with E-state index in [0.29, 0.717) is 5.82 Å². The monoisotopic (exact) mass is 252 g/mol. The second-order valence-corrected chi connectivity index (χ2v) is 3.89. The van der Waals surface area contributed by atoms with E-state index in [2.05, 4.69) is 26.0 Å². The smallest absolute Gasteiger partial charge is 0.146 e. The van der Waals surface area contributed by atoms with Crippen LogP contribution in [0.4, 0.5) is 5.82 Å². The van der Waals surface area contributed by atoms with E-state index in [1.54, 1.807) is 17.1 Å². The topological polar surface area (TPSA) is 56.7 Å². The van der Waals surface area contributed by atoms with E-state index < -0.39 is 0 Å². The van der Waals surface area contributed by atoms with Crippen molar-refractivity contribution in [3.05, 3.63) is 29.0 Å². The fraction of sp³-hybridized carbons (Fsp3) is 0.111. The van der Waals surface area contributed by atoms with Crippen LogP contribution >= 0.6 is 15.9 Å². The number of nitrogens with zero attached hydrogens (tertiary/aromatic N) is 3. The van der Waals surface area contributed by atoms with Crippen molar-refractivity contribution in [3.8, 4) is 11.3 Å². The standard InChI is InChI=1S/C9H9BrN4/c1-14-8(3-9(11)13-14)6-2-7(10)5-12-4-6/h2-5H,1H3,(H2,11,13). The number of aromatic nitrogens is 3. The van der Waals surface area contributed by atoms with Gasteiger partial charge in [-0.2, -0.15) is 5.10 Å². The SMILES string of the molecule is Cn1nc(N)cc1-c1cncc(Br)c1. The average Bonchev–Trinajstić information content (AvgIpc) is 2.45. The molecular formula is C9H9BrN4. The molecule has 0 aliphatic carbocycles. The summed E-state index contributed by atoms with van der Waals surface area (Å²) >= 11 is 3.37. The highest BCUT2D eigenvalue weighted by Gasteiger charge is 2.05. The molecular weight excluding hydrogens is 244 g/mol. The Morgan fingerprint density at radius 3 is 2.71 bits per heavy atom. The molecule has 2 aromatic heterocycles. The maximum absolute atomic E-state index is 5.59. The van der Waals surface area contributed by atoms with Gasteiger partial charge in [0.15, 0.2) is 0 Å². The minimum Gasteiger partial charge on any atom is -0.382 e. The van der Waals surface area contributed by atoms with Crippen molar-refractivity contribution in [2.24, 2.45) is 7.05 Å². The van der Waals surface area contributed by atoms with Crippen LogP contribution in [0.3, 0.4) is 0 Å². The van der Waals surface area contributed by atoms with E-state index in [-0.39, 0.29) is 0 Å². The zero-order chi connectivity index (χ0) is 10.1. The van der Waals surface area contributed by atoms with E-state index in [1.807, 2.05) is 19.2 Å². The number of rotatable bonds is 1. The van der Waals surface area contributed by atoms with Crippen molar-refractivity contribution < 1.29 is 0 Å². The van der Waals surface area contributed by atoms with Gasteiger partial charge in [0.2, 0.25) is 0 Å². The van der Waals surface area contributed by atoms with Gasteiger partial charge in [0.1, 0.15) is 5.82 Å². The normalized spacial score (nSPS) is 10.4. The molecule has 0 aliphatic rings. The number of nitrogen functional groups attached to an aromatic ring is 1. The lowest BCUT2D eigenvalue weighted by Crippen LogP contribution is -1.94. The van der Waals surface area contributed by atoms with E-state index in [4.69, 9.17) is 5.73 Å². The number of anilines is 1. The van der Waals surface area contributed by atoms with Gasteiger partial charge in [-0.25, -0.2) is 0 Å². The molecule has 0 fully saturated rings. The van der Waals surface area contributed by atoms with Crippen LogP contribution in [0.2, 0.25) is 0 Å². The number of halogens is 1. The second kappa shape index (κ2) is 3.42. The minimum absolute atomic E-state index is 0.516. The van der Waals surface area contributed by atoms with Gasteiger partial charge in [0, 0.05) is 35.5 Å². The summed E-state index contributed by atoms with van der Waals surface area (Å²) in [5.41, 5.74) is 7.54. The Morgan fingerprint density at radius 1 is 1.36 bits per heavy atom. The summed E-state index contributed by atoms with van der Waals surface area (Å²) in [6.07, 6.45) is 3.52. The summed E-state index contributed by atoms with van der Waals surface area (Å²) in [4.78, 5) is 4.08. The highest BCUT2D eigenvalue weighted by Crippen LogP contribution is 2.22. The van der Waals surface area contributed by atoms with E-state index in [1.165, 1.54) is 0 Å². The second-order valence-electron chi connectivity index (χ2n) is 2.97. The molecule has 2 rings (SSSR count). The fourth-order valence-electron chi connectivity index (χ4n) is 1.31. The van der Waals surface area contributed by atoms with Crippen LogP contribution in [0.15, 0.2) is 29.0 Å². The van der Waals surface area contributed by atoms with Gasteiger partial charge in [0.05, 0.1) is 5.69 Å². The molecule has 0 radical (unpaired) electrons. The lowest BCUT2D eigenvalue weighted by molar-refractivity contribution is 0.780. The maximum Gasteiger partial charge on any atom is 0.146 e. The molecule has 4 nitrogen and oxygen atoms in total. The van der Waals surface area contributed by atoms with Crippen molar-refractivity contribution >= 4 is 21.7 Å². The zero-order valence-electron chi connectivity index (χ0n) is 7.61. The van der Waals surface area contributed by atoms with Crippen LogP contribution in [0.25, 0.3) is 11.3 Å². The molecule has 2 N–H and O–H groups in total. The fourth-order valence-corrected chi connectivity index (χ4v) is 1.68. The first kappa shape index (κ1) is 9.21. The average molecular weight is 253 g/mol. The Bertz CT molecular complexity index is 464. The highest BCUT2D eigenvalue weighted by molar-refractivity contribution is 9.10. The first-order valence-corrected chi connectivity index (χ1v) is 4.86. The predicted octanol–water partition coefficient (Wildman–Crippen LogP) is 1.83. The molecule has 0 amide bonds. The number of aryl methyl sites for hydroxylation is 1. The van der Waals surface area contributed by atoms with Crippen LogP contribution < -0.4 is 5.73 Å². The molecule has 0 saturated carbocycles. The summed E-state index contributed by atoms with van der Waals surface area (Å²) in [7, 11) is 1.85. The molecule has 2 aromatic rings. The van der Waals surface area contributed by atoms with Crippen LogP contribution in [-0.4, -0.2) is 14.8 Å². The van der Waals surface area contributed by atoms with Crippen LogP contribution in [0.1, 0.15) is 0 Å². The highest BCUT2D eigenvalue weighted by atomic mass is 79.9. The van der Waals surface area contributed by atoms with Gasteiger partial charge in [0.25, 0.3) is 0 Å². The molecule has 0 aliphatic heterocycles. The van der Waals surface area contributed by atoms with Crippen molar-refractivity contribution in [2.75, 3.05) is 5.73 Å². The van der Waals surface area contributed by atoms with Gasteiger partial charge in [-0.1, -0.05) is 0 Å². The summed E-state index contributed by atoms with van der Waals surface area (Å²) in [6, 6.07) is 3.80. The van der Waals surface area contributed by atoms with Crippen LogP contribution in [0.5, 0.6) is 0 Å². The summed E-state index contributed by atoms with van der Waals surface area (Å²) in [5.74, 6) is 0.516. The molecule has 2 heterocycles. The molecule has 0 saturated heterocycles. The van der Waals surface area contributed by atoms with Crippen molar-refractivity contribution in [3.63, 3.8) is 0 Å². The van der Waals surface area contributed by atoms with Crippen molar-refractivity contribution in [2.45, 2.75) is 0 Å². The van der Waals surface area contributed by atoms with Gasteiger partial charge in [-0.3, -0.25) is 9.67 Å². The quantitative estimate of drug-likeness (QED) is 0.843. The number of hydrogen-bond acceptors (Lipinski definition) is 3. The number of hydrogen-bond donors (Lipinski definition) is 1. The van der Waals surface area contributed by atoms with Crippen molar-refractivity contribution in [1.29, 1.82) is 0 Å². The lowest BCUT2D eigenvalue weighted by atomic mass is 10.2. The molecule has 0 atom stereocenters. The van der Waals surface area contributed by atoms with Crippen LogP contribution in [-0.2, 0) is 7.05 Å². The van der Waals surface area contributed by atoms with Gasteiger partial charge >= 0.3 is 0 Å². The summed E-state index contributed by atoms with van der Waals surface area (Å²) in [5, 5.41) is 4.07. The molecule has 14 heavy (non-hydrogen) atoms. The molecule has 0 unspecified atom stereocenters. The first-order chi connectivity index (χ1) is 6.66. The van der Waals surface area contributed by atoms with Gasteiger partial charge in [-0.15, -0.1) is 0 Å². The molecule has 0 bridgehead atoms. The van der Waals surface area contributed by atoms with Gasteiger partial charge < -0.3 is 5.73 Å². The van der Waals surface area contributed by atoms with E-state index in [9.17, 15) is 0 Å². The van der Waals surface area contributed by atoms with Crippen LogP contribution in [0, 0.1) is 0 Å². The third-order valence-electron chi connectivity index (χ3n) is 1.90. The maximum atomic E-state index is 5.59. The number of nitrogens with two attached hydrogens (primary N) is 1. The summed E-state index contributed by atoms with van der Waals surface area (Å²) < 4.78 is 2.67. The Kier molecular flexibility index (Phi) is 2.25. The number of pyridine rings is 1. The predicted molar refractivity (Wildman–Crippen MR) is 58.6 cm³/mol. The van der Waals surface area contributed by atoms with E-state index in [0.717, 1.165) is 15.7 Å². The largest absolute Gasteiger partial charge is 0.382 e. The minimum atomic E-state index is 0.516. The lowest BCUT2D eigenvalue weighted by Gasteiger charge is -2.00. The molecule has 0 aromatic carbocycles. The molecule has 0 spiro atoms. The molecule has 5 heteroatoms.